The lowest BCUT2D eigenvalue weighted by Crippen LogP contribution is -2.38. The van der Waals surface area contributed by atoms with Crippen LogP contribution in [0, 0.1) is 0 Å². The number of carbonyl (C=O) groups is 1. The van der Waals surface area contributed by atoms with Crippen LogP contribution in [0.15, 0.2) is 23.1 Å². The van der Waals surface area contributed by atoms with E-state index in [1.165, 1.54) is 39.5 Å². The highest BCUT2D eigenvalue weighted by molar-refractivity contribution is 7.89. The first-order valence-electron chi connectivity index (χ1n) is 6.92. The van der Waals surface area contributed by atoms with E-state index in [2.05, 4.69) is 5.32 Å². The van der Waals surface area contributed by atoms with Crippen LogP contribution in [0.5, 0.6) is 11.5 Å². The van der Waals surface area contributed by atoms with Crippen molar-refractivity contribution >= 4 is 15.9 Å². The van der Waals surface area contributed by atoms with Gasteiger partial charge in [-0.15, -0.1) is 0 Å². The van der Waals surface area contributed by atoms with Crippen LogP contribution in [0.2, 0.25) is 0 Å². The Morgan fingerprint density at radius 3 is 2.48 bits per heavy atom. The Bertz CT molecular complexity index is 632. The van der Waals surface area contributed by atoms with Crippen molar-refractivity contribution < 1.29 is 27.8 Å². The lowest BCUT2D eigenvalue weighted by atomic mass is 10.3. The number of hydrogen-bond acceptors (Lipinski definition) is 6. The van der Waals surface area contributed by atoms with Crippen LogP contribution in [0.25, 0.3) is 0 Å². The zero-order valence-corrected chi connectivity index (χ0v) is 14.2. The van der Waals surface area contributed by atoms with Crippen LogP contribution >= 0.6 is 0 Å². The van der Waals surface area contributed by atoms with Crippen molar-refractivity contribution in [3.63, 3.8) is 0 Å². The second kappa shape index (κ2) is 8.70. The maximum absolute atomic E-state index is 12.5. The fourth-order valence-electron chi connectivity index (χ4n) is 1.81. The number of benzene rings is 1. The molecule has 2 N–H and O–H groups in total. The standard InChI is InChI=1S/C14H22N2O6S/c1-16(10-14(18)15-7-4-8-17)23(19,20)11-5-6-12(21-2)13(9-11)22-3/h5-6,9,17H,4,7-8,10H2,1-3H3,(H,15,18). The van der Waals surface area contributed by atoms with Crippen LogP contribution in [0.1, 0.15) is 6.42 Å². The van der Waals surface area contributed by atoms with Crippen molar-refractivity contribution in [1.29, 1.82) is 0 Å². The molecule has 0 aliphatic heterocycles. The highest BCUT2D eigenvalue weighted by atomic mass is 32.2. The average Bonchev–Trinajstić information content (AvgIpc) is 2.54. The van der Waals surface area contributed by atoms with E-state index in [4.69, 9.17) is 14.6 Å². The number of hydrogen-bond donors (Lipinski definition) is 2. The minimum atomic E-state index is -3.83. The van der Waals surface area contributed by atoms with Crippen LogP contribution < -0.4 is 14.8 Å². The topological polar surface area (TPSA) is 105 Å². The first-order valence-corrected chi connectivity index (χ1v) is 8.36. The summed E-state index contributed by atoms with van der Waals surface area (Å²) in [7, 11) is 0.345. The highest BCUT2D eigenvalue weighted by Gasteiger charge is 2.24. The molecular weight excluding hydrogens is 324 g/mol. The average molecular weight is 346 g/mol. The van der Waals surface area contributed by atoms with Gasteiger partial charge < -0.3 is 19.9 Å². The molecule has 0 radical (unpaired) electrons. The van der Waals surface area contributed by atoms with Crippen LogP contribution in [-0.2, 0) is 14.8 Å². The van der Waals surface area contributed by atoms with E-state index >= 15 is 0 Å². The van der Waals surface area contributed by atoms with E-state index in [1.54, 1.807) is 0 Å². The van der Waals surface area contributed by atoms with Gasteiger partial charge in [-0.3, -0.25) is 4.79 Å². The zero-order valence-electron chi connectivity index (χ0n) is 13.4. The molecule has 1 aromatic carbocycles. The molecule has 1 rings (SSSR count). The SMILES string of the molecule is COc1ccc(S(=O)(=O)N(C)CC(=O)NCCCO)cc1OC. The molecule has 1 amide bonds. The predicted octanol–water partition coefficient (Wildman–Crippen LogP) is -0.177. The normalized spacial score (nSPS) is 11.3. The van der Waals surface area contributed by atoms with Gasteiger partial charge in [-0.05, 0) is 18.6 Å². The maximum atomic E-state index is 12.5. The molecule has 1 aromatic rings. The van der Waals surface area contributed by atoms with E-state index in [1.807, 2.05) is 0 Å². The quantitative estimate of drug-likeness (QED) is 0.601. The summed E-state index contributed by atoms with van der Waals surface area (Å²) in [6.07, 6.45) is 0.415. The molecule has 130 valence electrons. The molecule has 9 heteroatoms. The van der Waals surface area contributed by atoms with Gasteiger partial charge in [-0.2, -0.15) is 4.31 Å². The Kier molecular flexibility index (Phi) is 7.27. The number of ether oxygens (including phenoxy) is 2. The number of nitrogens with one attached hydrogen (secondary N) is 1. The number of nitrogens with zero attached hydrogens (tertiary/aromatic N) is 1. The minimum absolute atomic E-state index is 0.000748. The lowest BCUT2D eigenvalue weighted by Gasteiger charge is -2.18. The predicted molar refractivity (Wildman–Crippen MR) is 84.1 cm³/mol. The monoisotopic (exact) mass is 346 g/mol. The lowest BCUT2D eigenvalue weighted by molar-refractivity contribution is -0.121. The number of amides is 1. The fraction of sp³-hybridized carbons (Fsp3) is 0.500. The molecular formula is C14H22N2O6S. The van der Waals surface area contributed by atoms with E-state index in [0.717, 1.165) is 4.31 Å². The van der Waals surface area contributed by atoms with E-state index < -0.39 is 15.9 Å². The van der Waals surface area contributed by atoms with E-state index in [-0.39, 0.29) is 23.8 Å². The summed E-state index contributed by atoms with van der Waals surface area (Å²) in [5.74, 6) is 0.259. The van der Waals surface area contributed by atoms with Gasteiger partial charge in [0.1, 0.15) is 0 Å². The summed E-state index contributed by atoms with van der Waals surface area (Å²) in [4.78, 5) is 11.7. The van der Waals surface area contributed by atoms with Gasteiger partial charge >= 0.3 is 0 Å². The first kappa shape index (κ1) is 19.2. The Balaban J connectivity index is 2.87. The number of sulfonamides is 1. The smallest absolute Gasteiger partial charge is 0.243 e. The number of aliphatic hydroxyl groups is 1. The summed E-state index contributed by atoms with van der Waals surface area (Å²) < 4.78 is 36.1. The van der Waals surface area contributed by atoms with Gasteiger partial charge in [0.25, 0.3) is 0 Å². The zero-order chi connectivity index (χ0) is 17.5. The molecule has 0 unspecified atom stereocenters. The van der Waals surface area contributed by atoms with Crippen molar-refractivity contribution in [1.82, 2.24) is 9.62 Å². The molecule has 23 heavy (non-hydrogen) atoms. The van der Waals surface area contributed by atoms with Crippen molar-refractivity contribution in [2.45, 2.75) is 11.3 Å². The Labute approximate surface area is 136 Å². The molecule has 0 saturated heterocycles. The van der Waals surface area contributed by atoms with E-state index in [9.17, 15) is 13.2 Å². The van der Waals surface area contributed by atoms with Gasteiger partial charge in [0.15, 0.2) is 11.5 Å². The minimum Gasteiger partial charge on any atom is -0.493 e. The highest BCUT2D eigenvalue weighted by Crippen LogP contribution is 2.30. The third-order valence-corrected chi connectivity index (χ3v) is 4.89. The van der Waals surface area contributed by atoms with Gasteiger partial charge in [-0.25, -0.2) is 8.42 Å². The number of aliphatic hydroxyl groups excluding tert-OH is 1. The van der Waals surface area contributed by atoms with Crippen LogP contribution in [0.4, 0.5) is 0 Å². The van der Waals surface area contributed by atoms with E-state index in [0.29, 0.717) is 18.7 Å². The number of methoxy groups -OCH3 is 2. The Morgan fingerprint density at radius 2 is 1.91 bits per heavy atom. The summed E-state index contributed by atoms with van der Waals surface area (Å²) in [5, 5.41) is 11.2. The molecule has 0 fully saturated rings. The van der Waals surface area contributed by atoms with Crippen LogP contribution in [0.3, 0.4) is 0 Å². The van der Waals surface area contributed by atoms with Gasteiger partial charge in [0.05, 0.1) is 25.7 Å². The fourth-order valence-corrected chi connectivity index (χ4v) is 2.95. The number of rotatable bonds is 9. The van der Waals surface area contributed by atoms with Crippen molar-refractivity contribution in [2.24, 2.45) is 0 Å². The molecule has 0 saturated carbocycles. The van der Waals surface area contributed by atoms with Crippen molar-refractivity contribution in [3.05, 3.63) is 18.2 Å². The molecule has 0 atom stereocenters. The largest absolute Gasteiger partial charge is 0.493 e. The summed E-state index contributed by atoms with van der Waals surface area (Å²) in [6, 6.07) is 4.21. The van der Waals surface area contributed by atoms with Gasteiger partial charge in [-0.1, -0.05) is 0 Å². The van der Waals surface area contributed by atoms with Gasteiger partial charge in [0, 0.05) is 26.3 Å². The third kappa shape index (κ3) is 5.08. The second-order valence-electron chi connectivity index (χ2n) is 4.70. The molecule has 0 aromatic heterocycles. The summed E-state index contributed by atoms with van der Waals surface area (Å²) in [5.41, 5.74) is 0. The number of carbonyl (C=O) groups excluding carboxylic acids is 1. The molecule has 8 nitrogen and oxygen atoms in total. The maximum Gasteiger partial charge on any atom is 0.243 e. The summed E-state index contributed by atoms with van der Waals surface area (Å²) >= 11 is 0. The first-order chi connectivity index (χ1) is 10.9. The van der Waals surface area contributed by atoms with Crippen molar-refractivity contribution in [3.8, 4) is 11.5 Å². The summed E-state index contributed by atoms with van der Waals surface area (Å²) in [6.45, 7) is -0.0677. The molecule has 0 heterocycles. The molecule has 0 bridgehead atoms. The van der Waals surface area contributed by atoms with Crippen LogP contribution in [-0.4, -0.2) is 64.7 Å². The molecule has 0 aliphatic carbocycles. The van der Waals surface area contributed by atoms with Gasteiger partial charge in [0.2, 0.25) is 15.9 Å². The van der Waals surface area contributed by atoms with Crippen molar-refractivity contribution in [2.75, 3.05) is 41.0 Å². The number of likely N-dealkylation sites (N-methyl/N-ethyl adjacent to an activating group) is 1. The third-order valence-electron chi connectivity index (χ3n) is 3.09. The molecule has 0 aliphatic rings. The Hall–Kier alpha value is -1.84. The molecule has 0 spiro atoms. The Morgan fingerprint density at radius 1 is 1.26 bits per heavy atom. The second-order valence-corrected chi connectivity index (χ2v) is 6.75.